The fourth-order valence-corrected chi connectivity index (χ4v) is 5.41. The van der Waals surface area contributed by atoms with E-state index in [1.54, 1.807) is 22.2 Å². The minimum atomic E-state index is 0.333. The zero-order valence-corrected chi connectivity index (χ0v) is 17.7. The van der Waals surface area contributed by atoms with E-state index in [2.05, 4.69) is 26.0 Å². The fourth-order valence-electron chi connectivity index (χ4n) is 3.78. The standard InChI is InChI=1S/C21H15BrN4O2S/c22-14-5-1-2-6-15(14)27-10-12-8-9-16(28-12)19-24-20-18-13-4-3-7-17(13)29-21(18)23-11-26(20)25-19/h1-2,5-6,8-9,11H,3-4,7,10H2. The van der Waals surface area contributed by atoms with Crippen LogP contribution in [0.3, 0.4) is 0 Å². The highest BCUT2D eigenvalue weighted by Gasteiger charge is 2.22. The Hall–Kier alpha value is -2.71. The summed E-state index contributed by atoms with van der Waals surface area (Å²) < 4.78 is 14.4. The topological polar surface area (TPSA) is 65.5 Å². The number of rotatable bonds is 4. The van der Waals surface area contributed by atoms with Crippen LogP contribution in [0, 0.1) is 0 Å². The van der Waals surface area contributed by atoms with Crippen molar-refractivity contribution in [3.63, 3.8) is 0 Å². The highest BCUT2D eigenvalue weighted by Crippen LogP contribution is 2.38. The Balaban J connectivity index is 1.33. The highest BCUT2D eigenvalue weighted by molar-refractivity contribution is 9.10. The van der Waals surface area contributed by atoms with Gasteiger partial charge in [0, 0.05) is 4.88 Å². The number of aromatic nitrogens is 4. The molecule has 29 heavy (non-hydrogen) atoms. The molecule has 0 aliphatic heterocycles. The second kappa shape index (κ2) is 6.67. The van der Waals surface area contributed by atoms with E-state index in [4.69, 9.17) is 14.1 Å². The zero-order chi connectivity index (χ0) is 19.4. The Labute approximate surface area is 178 Å². The maximum atomic E-state index is 5.95. The molecule has 0 saturated carbocycles. The molecule has 0 amide bonds. The molecule has 144 valence electrons. The molecule has 1 aliphatic carbocycles. The van der Waals surface area contributed by atoms with Crippen molar-refractivity contribution < 1.29 is 9.15 Å². The van der Waals surface area contributed by atoms with Gasteiger partial charge in [0.25, 0.3) is 0 Å². The lowest BCUT2D eigenvalue weighted by Crippen LogP contribution is -1.94. The summed E-state index contributed by atoms with van der Waals surface area (Å²) in [4.78, 5) is 11.8. The number of benzene rings is 1. The molecule has 0 unspecified atom stereocenters. The maximum absolute atomic E-state index is 5.95. The maximum Gasteiger partial charge on any atom is 0.217 e. The van der Waals surface area contributed by atoms with Crippen molar-refractivity contribution in [2.45, 2.75) is 25.9 Å². The van der Waals surface area contributed by atoms with Gasteiger partial charge in [-0.2, -0.15) is 0 Å². The third-order valence-corrected chi connectivity index (χ3v) is 6.99. The molecule has 0 bridgehead atoms. The molecule has 1 aliphatic rings. The van der Waals surface area contributed by atoms with Gasteiger partial charge in [-0.15, -0.1) is 16.4 Å². The minimum Gasteiger partial charge on any atom is -0.484 e. The van der Waals surface area contributed by atoms with Crippen LogP contribution in [0.1, 0.15) is 22.6 Å². The van der Waals surface area contributed by atoms with E-state index in [1.165, 1.54) is 16.9 Å². The van der Waals surface area contributed by atoms with Gasteiger partial charge in [-0.3, -0.25) is 0 Å². The first-order chi connectivity index (χ1) is 14.3. The number of hydrogen-bond acceptors (Lipinski definition) is 6. The summed E-state index contributed by atoms with van der Waals surface area (Å²) in [6.45, 7) is 0.333. The first-order valence-electron chi connectivity index (χ1n) is 9.38. The molecule has 6 nitrogen and oxygen atoms in total. The van der Waals surface area contributed by atoms with E-state index >= 15 is 0 Å². The van der Waals surface area contributed by atoms with Crippen molar-refractivity contribution in [2.75, 3.05) is 0 Å². The summed E-state index contributed by atoms with van der Waals surface area (Å²) in [5.41, 5.74) is 2.25. The van der Waals surface area contributed by atoms with Crippen LogP contribution in [0.4, 0.5) is 0 Å². The second-order valence-electron chi connectivity index (χ2n) is 6.97. The third kappa shape index (κ3) is 2.86. The van der Waals surface area contributed by atoms with Crippen molar-refractivity contribution >= 4 is 43.1 Å². The fraction of sp³-hybridized carbons (Fsp3) is 0.190. The Morgan fingerprint density at radius 3 is 3.03 bits per heavy atom. The summed E-state index contributed by atoms with van der Waals surface area (Å²) in [6, 6.07) is 11.5. The number of halogens is 1. The van der Waals surface area contributed by atoms with Crippen molar-refractivity contribution in [1.82, 2.24) is 19.6 Å². The number of furan rings is 1. The van der Waals surface area contributed by atoms with E-state index < -0.39 is 0 Å². The van der Waals surface area contributed by atoms with Crippen LogP contribution in [0.5, 0.6) is 5.75 Å². The quantitative estimate of drug-likeness (QED) is 0.353. The Morgan fingerprint density at radius 1 is 1.17 bits per heavy atom. The summed E-state index contributed by atoms with van der Waals surface area (Å²) in [5, 5.41) is 5.74. The molecule has 0 atom stereocenters. The number of thiophene rings is 1. The van der Waals surface area contributed by atoms with Crippen LogP contribution in [0.2, 0.25) is 0 Å². The lowest BCUT2D eigenvalue weighted by Gasteiger charge is -2.05. The average molecular weight is 467 g/mol. The van der Waals surface area contributed by atoms with Crippen LogP contribution in [-0.4, -0.2) is 19.6 Å². The van der Waals surface area contributed by atoms with Gasteiger partial charge >= 0.3 is 0 Å². The van der Waals surface area contributed by atoms with Gasteiger partial charge in [-0.25, -0.2) is 14.5 Å². The molecule has 0 spiro atoms. The smallest absolute Gasteiger partial charge is 0.217 e. The third-order valence-electron chi connectivity index (χ3n) is 5.13. The number of fused-ring (bicyclic) bond motifs is 5. The lowest BCUT2D eigenvalue weighted by molar-refractivity contribution is 0.270. The molecule has 0 saturated heterocycles. The molecule has 4 aromatic heterocycles. The average Bonchev–Trinajstić information content (AvgIpc) is 3.48. The van der Waals surface area contributed by atoms with E-state index in [9.17, 15) is 0 Å². The van der Waals surface area contributed by atoms with Gasteiger partial charge in [0.2, 0.25) is 5.82 Å². The monoisotopic (exact) mass is 466 g/mol. The molecule has 8 heteroatoms. The zero-order valence-electron chi connectivity index (χ0n) is 15.3. The first-order valence-corrected chi connectivity index (χ1v) is 11.0. The molecular weight excluding hydrogens is 452 g/mol. The predicted octanol–water partition coefficient (Wildman–Crippen LogP) is 5.43. The number of ether oxygens (including phenoxy) is 1. The van der Waals surface area contributed by atoms with Crippen LogP contribution in [-0.2, 0) is 19.4 Å². The van der Waals surface area contributed by atoms with Gasteiger partial charge in [-0.05, 0) is 65.0 Å². The lowest BCUT2D eigenvalue weighted by atomic mass is 10.2. The predicted molar refractivity (Wildman–Crippen MR) is 114 cm³/mol. The summed E-state index contributed by atoms with van der Waals surface area (Å²) >= 11 is 5.27. The number of hydrogen-bond donors (Lipinski definition) is 0. The molecule has 6 rings (SSSR count). The summed E-state index contributed by atoms with van der Waals surface area (Å²) in [7, 11) is 0. The Kier molecular flexibility index (Phi) is 3.95. The highest BCUT2D eigenvalue weighted by atomic mass is 79.9. The van der Waals surface area contributed by atoms with E-state index in [0.29, 0.717) is 24.0 Å². The Bertz CT molecular complexity index is 1370. The normalized spacial score (nSPS) is 13.4. The van der Waals surface area contributed by atoms with Crippen molar-refractivity contribution in [3.8, 4) is 17.3 Å². The molecule has 4 heterocycles. The largest absolute Gasteiger partial charge is 0.484 e. The molecular formula is C21H15BrN4O2S. The van der Waals surface area contributed by atoms with Crippen LogP contribution >= 0.6 is 27.3 Å². The van der Waals surface area contributed by atoms with Crippen LogP contribution in [0.15, 0.2) is 51.6 Å². The van der Waals surface area contributed by atoms with Gasteiger partial charge < -0.3 is 9.15 Å². The van der Waals surface area contributed by atoms with Gasteiger partial charge in [0.1, 0.15) is 29.3 Å². The van der Waals surface area contributed by atoms with Crippen LogP contribution < -0.4 is 4.74 Å². The molecule has 5 aromatic rings. The van der Waals surface area contributed by atoms with E-state index in [-0.39, 0.29) is 0 Å². The minimum absolute atomic E-state index is 0.333. The van der Waals surface area contributed by atoms with E-state index in [0.717, 1.165) is 38.9 Å². The van der Waals surface area contributed by atoms with Crippen molar-refractivity contribution in [2.24, 2.45) is 0 Å². The molecule has 0 fully saturated rings. The van der Waals surface area contributed by atoms with Gasteiger partial charge in [-0.1, -0.05) is 12.1 Å². The summed E-state index contributed by atoms with van der Waals surface area (Å²) in [6.07, 6.45) is 5.18. The van der Waals surface area contributed by atoms with Crippen LogP contribution in [0.25, 0.3) is 27.4 Å². The van der Waals surface area contributed by atoms with Crippen molar-refractivity contribution in [3.05, 3.63) is 63.4 Å². The molecule has 1 aromatic carbocycles. The van der Waals surface area contributed by atoms with Gasteiger partial charge in [0.15, 0.2) is 11.4 Å². The SMILES string of the molecule is Brc1ccccc1OCc1ccc(-c2nc3c4c5c(sc4ncn3n2)CCC5)o1. The molecule has 0 N–H and O–H groups in total. The first kappa shape index (κ1) is 17.2. The second-order valence-corrected chi connectivity index (χ2v) is 8.91. The summed E-state index contributed by atoms with van der Waals surface area (Å²) in [5.74, 6) is 2.68. The number of nitrogens with zero attached hydrogens (tertiary/aromatic N) is 4. The number of para-hydroxylation sites is 1. The van der Waals surface area contributed by atoms with Gasteiger partial charge in [0.05, 0.1) is 9.86 Å². The van der Waals surface area contributed by atoms with E-state index in [1.807, 2.05) is 36.4 Å². The Morgan fingerprint density at radius 2 is 2.10 bits per heavy atom. The molecule has 0 radical (unpaired) electrons. The van der Waals surface area contributed by atoms with Crippen molar-refractivity contribution in [1.29, 1.82) is 0 Å². The number of aryl methyl sites for hydroxylation is 2.